The van der Waals surface area contributed by atoms with E-state index in [0.29, 0.717) is 11.1 Å². The molecule has 2 N–H and O–H groups in total. The van der Waals surface area contributed by atoms with Crippen LogP contribution in [0.4, 0.5) is 5.69 Å². The Balaban J connectivity index is 2.55. The molecule has 0 aliphatic carbocycles. The van der Waals surface area contributed by atoms with Crippen LogP contribution in [-0.2, 0) is 4.79 Å². The van der Waals surface area contributed by atoms with Gasteiger partial charge in [-0.25, -0.2) is 0 Å². The minimum atomic E-state index is -0.0900. The summed E-state index contributed by atoms with van der Waals surface area (Å²) < 4.78 is 0. The van der Waals surface area contributed by atoms with E-state index in [9.17, 15) is 9.90 Å². The summed E-state index contributed by atoms with van der Waals surface area (Å²) in [5, 5.41) is 14.5. The van der Waals surface area contributed by atoms with Gasteiger partial charge in [0.1, 0.15) is 5.75 Å². The van der Waals surface area contributed by atoms with Gasteiger partial charge in [-0.1, -0.05) is 32.0 Å². The lowest BCUT2D eigenvalue weighted by atomic mass is 10.0. The zero-order valence-corrected chi connectivity index (χ0v) is 10.8. The zero-order chi connectivity index (χ0) is 13.3. The van der Waals surface area contributed by atoms with Crippen molar-refractivity contribution in [3.8, 4) is 5.75 Å². The van der Waals surface area contributed by atoms with Crippen LogP contribution in [0.3, 0.4) is 0 Å². The summed E-state index contributed by atoms with van der Waals surface area (Å²) in [6, 6.07) is 9.29. The van der Waals surface area contributed by atoms with Crippen molar-refractivity contribution in [1.82, 2.24) is 0 Å². The van der Waals surface area contributed by atoms with E-state index in [1.54, 1.807) is 12.1 Å². The lowest BCUT2D eigenvalue weighted by Crippen LogP contribution is -2.17. The van der Waals surface area contributed by atoms with Crippen LogP contribution < -0.4 is 5.32 Å². The molecule has 18 heavy (non-hydrogen) atoms. The zero-order valence-electron chi connectivity index (χ0n) is 10.8. The Morgan fingerprint density at radius 3 is 2.67 bits per heavy atom. The van der Waals surface area contributed by atoms with E-state index in [0.717, 1.165) is 10.9 Å². The number of aryl methyl sites for hydroxylation is 1. The van der Waals surface area contributed by atoms with Crippen molar-refractivity contribution in [3.63, 3.8) is 0 Å². The molecule has 0 aliphatic rings. The lowest BCUT2D eigenvalue weighted by molar-refractivity contribution is -0.118. The third-order valence-electron chi connectivity index (χ3n) is 2.88. The van der Waals surface area contributed by atoms with Crippen LogP contribution in [0.1, 0.15) is 19.4 Å². The van der Waals surface area contributed by atoms with Crippen LogP contribution in [-0.4, -0.2) is 11.0 Å². The Morgan fingerprint density at radius 1 is 1.28 bits per heavy atom. The van der Waals surface area contributed by atoms with E-state index >= 15 is 0 Å². The van der Waals surface area contributed by atoms with Gasteiger partial charge in [0, 0.05) is 11.3 Å². The Morgan fingerprint density at radius 2 is 2.00 bits per heavy atom. The second-order valence-corrected chi connectivity index (χ2v) is 4.83. The van der Waals surface area contributed by atoms with Gasteiger partial charge in [-0.05, 0) is 30.0 Å². The smallest absolute Gasteiger partial charge is 0.226 e. The molecule has 2 rings (SSSR count). The Hall–Kier alpha value is -2.03. The van der Waals surface area contributed by atoms with Gasteiger partial charge in [-0.2, -0.15) is 0 Å². The minimum absolute atomic E-state index is 0.0533. The van der Waals surface area contributed by atoms with Gasteiger partial charge >= 0.3 is 0 Å². The Bertz CT molecular complexity index is 603. The molecule has 2 aromatic rings. The van der Waals surface area contributed by atoms with Crippen molar-refractivity contribution in [3.05, 3.63) is 35.9 Å². The maximum absolute atomic E-state index is 11.7. The second kappa shape index (κ2) is 4.69. The van der Waals surface area contributed by atoms with Crippen LogP contribution >= 0.6 is 0 Å². The first-order valence-electron chi connectivity index (χ1n) is 6.02. The number of amides is 1. The number of rotatable bonds is 2. The Labute approximate surface area is 106 Å². The topological polar surface area (TPSA) is 49.3 Å². The number of anilines is 1. The normalized spacial score (nSPS) is 10.9. The quantitative estimate of drug-likeness (QED) is 0.848. The largest absolute Gasteiger partial charge is 0.507 e. The second-order valence-electron chi connectivity index (χ2n) is 4.83. The van der Waals surface area contributed by atoms with Crippen LogP contribution in [0.15, 0.2) is 30.3 Å². The molecule has 0 heterocycles. The molecule has 3 nitrogen and oxygen atoms in total. The van der Waals surface area contributed by atoms with E-state index in [-0.39, 0.29) is 17.6 Å². The first-order chi connectivity index (χ1) is 8.49. The van der Waals surface area contributed by atoms with Gasteiger partial charge in [0.2, 0.25) is 5.91 Å². The summed E-state index contributed by atoms with van der Waals surface area (Å²) in [4.78, 5) is 11.7. The summed E-state index contributed by atoms with van der Waals surface area (Å²) in [5.74, 6) is 0.0555. The maximum atomic E-state index is 11.7. The molecule has 0 unspecified atom stereocenters. The molecular weight excluding hydrogens is 226 g/mol. The molecule has 0 saturated carbocycles. The SMILES string of the molecule is Cc1cc(O)c2c(NC(=O)C(C)C)cccc2c1. The van der Waals surface area contributed by atoms with Crippen molar-refractivity contribution >= 4 is 22.4 Å². The molecule has 0 bridgehead atoms. The number of benzene rings is 2. The van der Waals surface area contributed by atoms with Gasteiger partial charge < -0.3 is 10.4 Å². The predicted molar refractivity (Wildman–Crippen MR) is 73.8 cm³/mol. The number of nitrogens with one attached hydrogen (secondary N) is 1. The van der Waals surface area contributed by atoms with Crippen molar-refractivity contribution in [2.45, 2.75) is 20.8 Å². The average molecular weight is 243 g/mol. The number of phenolic OH excluding ortho intramolecular Hbond substituents is 1. The maximum Gasteiger partial charge on any atom is 0.226 e. The molecule has 2 aromatic carbocycles. The van der Waals surface area contributed by atoms with E-state index in [1.807, 2.05) is 39.0 Å². The standard InChI is InChI=1S/C15H17NO2/c1-9(2)15(18)16-12-6-4-5-11-7-10(3)8-13(17)14(11)12/h4-9,17H,1-3H3,(H,16,18). The van der Waals surface area contributed by atoms with Crippen molar-refractivity contribution in [1.29, 1.82) is 0 Å². The minimum Gasteiger partial charge on any atom is -0.507 e. The van der Waals surface area contributed by atoms with Crippen molar-refractivity contribution in [2.24, 2.45) is 5.92 Å². The summed E-state index contributed by atoms with van der Waals surface area (Å²) in [6.07, 6.45) is 0. The van der Waals surface area contributed by atoms with Gasteiger partial charge in [0.15, 0.2) is 0 Å². The molecule has 94 valence electrons. The van der Waals surface area contributed by atoms with E-state index < -0.39 is 0 Å². The third kappa shape index (κ3) is 2.30. The summed E-state index contributed by atoms with van der Waals surface area (Å²) in [5.41, 5.74) is 1.65. The molecular formula is C15H17NO2. The highest BCUT2D eigenvalue weighted by molar-refractivity contribution is 6.05. The fraction of sp³-hybridized carbons (Fsp3) is 0.267. The number of hydrogen-bond donors (Lipinski definition) is 2. The molecule has 0 atom stereocenters. The number of carbonyl (C=O) groups excluding carboxylic acids is 1. The number of phenols is 1. The lowest BCUT2D eigenvalue weighted by Gasteiger charge is -2.12. The van der Waals surface area contributed by atoms with Crippen molar-refractivity contribution in [2.75, 3.05) is 5.32 Å². The van der Waals surface area contributed by atoms with Gasteiger partial charge in [0.05, 0.1) is 5.69 Å². The average Bonchev–Trinajstić information content (AvgIpc) is 2.27. The molecule has 0 aromatic heterocycles. The predicted octanol–water partition coefficient (Wildman–Crippen LogP) is 3.45. The van der Waals surface area contributed by atoms with E-state index in [4.69, 9.17) is 0 Å². The van der Waals surface area contributed by atoms with Crippen LogP contribution in [0.2, 0.25) is 0 Å². The number of hydrogen-bond acceptors (Lipinski definition) is 2. The molecule has 0 aliphatic heterocycles. The van der Waals surface area contributed by atoms with Gasteiger partial charge in [-0.3, -0.25) is 4.79 Å². The first kappa shape index (κ1) is 12.4. The highest BCUT2D eigenvalue weighted by atomic mass is 16.3. The molecule has 0 saturated heterocycles. The first-order valence-corrected chi connectivity index (χ1v) is 6.02. The third-order valence-corrected chi connectivity index (χ3v) is 2.88. The van der Waals surface area contributed by atoms with Gasteiger partial charge in [-0.15, -0.1) is 0 Å². The fourth-order valence-electron chi connectivity index (χ4n) is 1.93. The summed E-state index contributed by atoms with van der Waals surface area (Å²) in [6.45, 7) is 5.60. The van der Waals surface area contributed by atoms with E-state index in [2.05, 4.69) is 5.32 Å². The van der Waals surface area contributed by atoms with Crippen molar-refractivity contribution < 1.29 is 9.90 Å². The molecule has 3 heteroatoms. The van der Waals surface area contributed by atoms with E-state index in [1.165, 1.54) is 0 Å². The monoisotopic (exact) mass is 243 g/mol. The molecule has 0 radical (unpaired) electrons. The molecule has 0 spiro atoms. The van der Waals surface area contributed by atoms with Crippen LogP contribution in [0.25, 0.3) is 10.8 Å². The molecule has 0 fully saturated rings. The Kier molecular flexibility index (Phi) is 3.24. The summed E-state index contributed by atoms with van der Waals surface area (Å²) in [7, 11) is 0. The number of fused-ring (bicyclic) bond motifs is 1. The number of aromatic hydroxyl groups is 1. The highest BCUT2D eigenvalue weighted by Gasteiger charge is 2.11. The van der Waals surface area contributed by atoms with Crippen LogP contribution in [0, 0.1) is 12.8 Å². The summed E-state index contributed by atoms with van der Waals surface area (Å²) >= 11 is 0. The fourth-order valence-corrected chi connectivity index (χ4v) is 1.93. The number of carbonyl (C=O) groups is 1. The molecule has 1 amide bonds. The van der Waals surface area contributed by atoms with Gasteiger partial charge in [0.25, 0.3) is 0 Å². The van der Waals surface area contributed by atoms with Crippen LogP contribution in [0.5, 0.6) is 5.75 Å². The highest BCUT2D eigenvalue weighted by Crippen LogP contribution is 2.32.